The second-order valence-electron chi connectivity index (χ2n) is 6.99. The summed E-state index contributed by atoms with van der Waals surface area (Å²) in [6.45, 7) is 2.41. The summed E-state index contributed by atoms with van der Waals surface area (Å²) >= 11 is 18.5. The van der Waals surface area contributed by atoms with E-state index in [1.165, 1.54) is 0 Å². The first-order chi connectivity index (χ1) is 14.4. The highest BCUT2D eigenvalue weighted by Crippen LogP contribution is 2.26. The zero-order valence-corrected chi connectivity index (χ0v) is 18.3. The number of hydrogen-bond donors (Lipinski definition) is 1. The molecule has 0 aliphatic heterocycles. The van der Waals surface area contributed by atoms with E-state index in [1.807, 2.05) is 43.3 Å². The second-order valence-corrected chi connectivity index (χ2v) is 8.27. The number of hydrogen-bond acceptors (Lipinski definition) is 2. The van der Waals surface area contributed by atoms with Crippen LogP contribution in [0.4, 0.5) is 0 Å². The minimum atomic E-state index is -0.338. The highest BCUT2D eigenvalue weighted by atomic mass is 35.5. The van der Waals surface area contributed by atoms with Crippen LogP contribution in [0.5, 0.6) is 0 Å². The van der Waals surface area contributed by atoms with Gasteiger partial charge < -0.3 is 9.88 Å². The van der Waals surface area contributed by atoms with Crippen LogP contribution in [0.25, 0.3) is 11.0 Å². The Morgan fingerprint density at radius 3 is 2.53 bits per heavy atom. The fourth-order valence-corrected chi connectivity index (χ4v) is 4.04. The van der Waals surface area contributed by atoms with E-state index in [1.54, 1.807) is 30.3 Å². The van der Waals surface area contributed by atoms with Crippen LogP contribution in [0.15, 0.2) is 66.7 Å². The third-order valence-electron chi connectivity index (χ3n) is 4.85. The molecule has 30 heavy (non-hydrogen) atoms. The number of fused-ring (bicyclic) bond motifs is 1. The van der Waals surface area contributed by atoms with Gasteiger partial charge in [0.2, 0.25) is 0 Å². The number of rotatable bonds is 5. The number of imidazole rings is 1. The number of amides is 1. The van der Waals surface area contributed by atoms with E-state index >= 15 is 0 Å². The smallest absolute Gasteiger partial charge is 0.251 e. The first-order valence-corrected chi connectivity index (χ1v) is 10.5. The quantitative estimate of drug-likeness (QED) is 0.369. The topological polar surface area (TPSA) is 46.9 Å². The van der Waals surface area contributed by atoms with Gasteiger partial charge in [0.05, 0.1) is 23.6 Å². The molecule has 0 spiro atoms. The zero-order valence-electron chi connectivity index (χ0n) is 16.1. The molecular weight excluding hydrogens is 441 g/mol. The van der Waals surface area contributed by atoms with Gasteiger partial charge in [0.25, 0.3) is 5.91 Å². The van der Waals surface area contributed by atoms with E-state index in [-0.39, 0.29) is 11.9 Å². The van der Waals surface area contributed by atoms with Crippen LogP contribution in [0, 0.1) is 0 Å². The van der Waals surface area contributed by atoms with E-state index in [0.717, 1.165) is 22.4 Å². The van der Waals surface area contributed by atoms with Crippen molar-refractivity contribution in [3.05, 3.63) is 98.7 Å². The SMILES string of the molecule is CC(NC(=O)c1cccc(Cl)c1)c1nc2ccccc2n1Cc1ccc(Cl)cc1Cl. The van der Waals surface area contributed by atoms with Crippen molar-refractivity contribution in [2.24, 2.45) is 0 Å². The predicted octanol–water partition coefficient (Wildman–Crippen LogP) is 6.54. The van der Waals surface area contributed by atoms with Gasteiger partial charge in [-0.05, 0) is 55.0 Å². The molecule has 0 fully saturated rings. The molecule has 4 aromatic rings. The number of nitrogens with one attached hydrogen (secondary N) is 1. The number of halogens is 3. The Kier molecular flexibility index (Phi) is 6.00. The highest BCUT2D eigenvalue weighted by molar-refractivity contribution is 6.35. The van der Waals surface area contributed by atoms with Crippen LogP contribution < -0.4 is 5.32 Å². The lowest BCUT2D eigenvalue weighted by atomic mass is 10.2. The molecule has 152 valence electrons. The standard InChI is InChI=1S/C23H18Cl3N3O/c1-14(27-23(30)15-5-4-6-17(24)11-15)22-28-20-7-2-3-8-21(20)29(22)13-16-9-10-18(25)12-19(16)26/h2-12,14H,13H2,1H3,(H,27,30). The predicted molar refractivity (Wildman–Crippen MR) is 123 cm³/mol. The van der Waals surface area contributed by atoms with Crippen LogP contribution >= 0.6 is 34.8 Å². The van der Waals surface area contributed by atoms with Crippen LogP contribution in [-0.2, 0) is 6.54 Å². The molecule has 0 aliphatic carbocycles. The van der Waals surface area contributed by atoms with Crippen LogP contribution in [-0.4, -0.2) is 15.5 Å². The van der Waals surface area contributed by atoms with Gasteiger partial charge in [-0.25, -0.2) is 4.98 Å². The van der Waals surface area contributed by atoms with Crippen molar-refractivity contribution in [2.75, 3.05) is 0 Å². The Labute approximate surface area is 189 Å². The number of para-hydroxylation sites is 2. The van der Waals surface area contributed by atoms with Crippen LogP contribution in [0.1, 0.15) is 34.7 Å². The molecule has 0 saturated carbocycles. The van der Waals surface area contributed by atoms with Gasteiger partial charge in [0.15, 0.2) is 0 Å². The number of carbonyl (C=O) groups is 1. The summed E-state index contributed by atoms with van der Waals surface area (Å²) in [6, 6.07) is 19.8. The summed E-state index contributed by atoms with van der Waals surface area (Å²) in [5, 5.41) is 4.70. The molecule has 4 rings (SSSR count). The van der Waals surface area contributed by atoms with E-state index in [0.29, 0.717) is 27.2 Å². The Morgan fingerprint density at radius 1 is 1.00 bits per heavy atom. The molecule has 1 aromatic heterocycles. The van der Waals surface area contributed by atoms with E-state index in [2.05, 4.69) is 9.88 Å². The van der Waals surface area contributed by atoms with Crippen molar-refractivity contribution in [1.82, 2.24) is 14.9 Å². The molecule has 0 bridgehead atoms. The maximum absolute atomic E-state index is 12.7. The van der Waals surface area contributed by atoms with Crippen molar-refractivity contribution >= 4 is 51.7 Å². The molecule has 0 saturated heterocycles. The van der Waals surface area contributed by atoms with E-state index in [9.17, 15) is 4.79 Å². The molecule has 1 N–H and O–H groups in total. The fraction of sp³-hybridized carbons (Fsp3) is 0.130. The molecule has 3 aromatic carbocycles. The lowest BCUT2D eigenvalue weighted by molar-refractivity contribution is 0.0937. The molecule has 0 aliphatic rings. The normalized spacial score (nSPS) is 12.1. The minimum Gasteiger partial charge on any atom is -0.342 e. The molecule has 1 atom stereocenters. The molecule has 1 unspecified atom stereocenters. The summed E-state index contributed by atoms with van der Waals surface area (Å²) in [7, 11) is 0. The summed E-state index contributed by atoms with van der Waals surface area (Å²) < 4.78 is 2.06. The molecule has 7 heteroatoms. The summed E-state index contributed by atoms with van der Waals surface area (Å²) in [5.74, 6) is 0.519. The van der Waals surface area contributed by atoms with Gasteiger partial charge >= 0.3 is 0 Å². The fourth-order valence-electron chi connectivity index (χ4n) is 3.39. The lowest BCUT2D eigenvalue weighted by Gasteiger charge is -2.17. The number of benzene rings is 3. The molecule has 0 radical (unpaired) electrons. The molecule has 1 heterocycles. The van der Waals surface area contributed by atoms with Gasteiger partial charge in [-0.15, -0.1) is 0 Å². The van der Waals surface area contributed by atoms with Crippen LogP contribution in [0.2, 0.25) is 15.1 Å². The summed E-state index contributed by atoms with van der Waals surface area (Å²) in [5.41, 5.74) is 3.22. The number of aromatic nitrogens is 2. The minimum absolute atomic E-state index is 0.215. The Hall–Kier alpha value is -2.53. The molecular formula is C23H18Cl3N3O. The molecule has 1 amide bonds. The Bertz CT molecular complexity index is 1240. The highest BCUT2D eigenvalue weighted by Gasteiger charge is 2.20. The third-order valence-corrected chi connectivity index (χ3v) is 5.67. The zero-order chi connectivity index (χ0) is 21.3. The largest absolute Gasteiger partial charge is 0.342 e. The van der Waals surface area contributed by atoms with Crippen molar-refractivity contribution < 1.29 is 4.79 Å². The van der Waals surface area contributed by atoms with Gasteiger partial charge in [-0.2, -0.15) is 0 Å². The van der Waals surface area contributed by atoms with E-state index < -0.39 is 0 Å². The van der Waals surface area contributed by atoms with Crippen molar-refractivity contribution in [3.63, 3.8) is 0 Å². The number of carbonyl (C=O) groups excluding carboxylic acids is 1. The van der Waals surface area contributed by atoms with Crippen molar-refractivity contribution in [3.8, 4) is 0 Å². The lowest BCUT2D eigenvalue weighted by Crippen LogP contribution is -2.28. The van der Waals surface area contributed by atoms with E-state index in [4.69, 9.17) is 39.8 Å². The average Bonchev–Trinajstić information content (AvgIpc) is 3.09. The number of nitrogens with zero attached hydrogens (tertiary/aromatic N) is 2. The average molecular weight is 459 g/mol. The third kappa shape index (κ3) is 4.31. The van der Waals surface area contributed by atoms with Crippen molar-refractivity contribution in [2.45, 2.75) is 19.5 Å². The maximum atomic E-state index is 12.7. The molecule has 4 nitrogen and oxygen atoms in total. The van der Waals surface area contributed by atoms with Crippen LogP contribution in [0.3, 0.4) is 0 Å². The Balaban J connectivity index is 1.69. The van der Waals surface area contributed by atoms with Gasteiger partial charge in [-0.1, -0.05) is 59.1 Å². The first kappa shape index (κ1) is 20.7. The van der Waals surface area contributed by atoms with Gasteiger partial charge in [0, 0.05) is 20.6 Å². The second kappa shape index (κ2) is 8.68. The van der Waals surface area contributed by atoms with Crippen molar-refractivity contribution in [1.29, 1.82) is 0 Å². The summed E-state index contributed by atoms with van der Waals surface area (Å²) in [4.78, 5) is 17.5. The van der Waals surface area contributed by atoms with Gasteiger partial charge in [0.1, 0.15) is 5.82 Å². The Morgan fingerprint density at radius 2 is 1.77 bits per heavy atom. The summed E-state index contributed by atoms with van der Waals surface area (Å²) in [6.07, 6.45) is 0. The first-order valence-electron chi connectivity index (χ1n) is 9.38. The maximum Gasteiger partial charge on any atom is 0.251 e. The monoisotopic (exact) mass is 457 g/mol. The van der Waals surface area contributed by atoms with Gasteiger partial charge in [-0.3, -0.25) is 4.79 Å².